The Morgan fingerprint density at radius 1 is 1.18 bits per heavy atom. The number of nitrogens with zero attached hydrogens (tertiary/aromatic N) is 1. The van der Waals surface area contributed by atoms with Crippen molar-refractivity contribution in [3.05, 3.63) is 22.1 Å². The van der Waals surface area contributed by atoms with Gasteiger partial charge >= 0.3 is 6.18 Å². The van der Waals surface area contributed by atoms with Crippen LogP contribution in [0.5, 0.6) is 0 Å². The Kier molecular flexibility index (Phi) is 3.31. The Hall–Kier alpha value is -1.20. The van der Waals surface area contributed by atoms with Crippen LogP contribution in [0.3, 0.4) is 0 Å². The molecule has 1 aromatic rings. The first-order valence-corrected chi connectivity index (χ1v) is 5.87. The zero-order valence-corrected chi connectivity index (χ0v) is 9.39. The smallest absolute Gasteiger partial charge is 0.291 e. The molecular formula is C11H15F3N2O. The van der Waals surface area contributed by atoms with Gasteiger partial charge < -0.3 is 0 Å². The van der Waals surface area contributed by atoms with Crippen molar-refractivity contribution in [3.63, 3.8) is 0 Å². The molecule has 3 nitrogen and oxygen atoms in total. The van der Waals surface area contributed by atoms with Crippen LogP contribution in [0.4, 0.5) is 13.2 Å². The van der Waals surface area contributed by atoms with Crippen LogP contribution >= 0.6 is 0 Å². The van der Waals surface area contributed by atoms with E-state index in [-0.39, 0.29) is 6.04 Å². The summed E-state index contributed by atoms with van der Waals surface area (Å²) in [6.07, 6.45) is 1.20. The van der Waals surface area contributed by atoms with Crippen LogP contribution in [-0.2, 0) is 6.18 Å². The number of nitrogens with one attached hydrogen (secondary N) is 1. The van der Waals surface area contributed by atoms with E-state index in [9.17, 15) is 18.0 Å². The molecule has 0 saturated heterocycles. The van der Waals surface area contributed by atoms with Crippen molar-refractivity contribution in [2.75, 3.05) is 0 Å². The maximum atomic E-state index is 12.4. The predicted molar refractivity (Wildman–Crippen MR) is 56.8 cm³/mol. The number of halogens is 3. The third kappa shape index (κ3) is 2.73. The lowest BCUT2D eigenvalue weighted by Gasteiger charge is -2.15. The zero-order valence-electron chi connectivity index (χ0n) is 9.39. The van der Waals surface area contributed by atoms with Crippen molar-refractivity contribution in [2.45, 2.75) is 50.7 Å². The second kappa shape index (κ2) is 4.58. The Labute approximate surface area is 96.6 Å². The summed E-state index contributed by atoms with van der Waals surface area (Å²) in [5.74, 6) is 0. The first-order valence-electron chi connectivity index (χ1n) is 5.87. The van der Waals surface area contributed by atoms with Gasteiger partial charge in [-0.05, 0) is 12.8 Å². The van der Waals surface area contributed by atoms with E-state index in [1.807, 2.05) is 0 Å². The minimum Gasteiger partial charge on any atom is -0.291 e. The van der Waals surface area contributed by atoms with Gasteiger partial charge in [-0.3, -0.25) is 9.89 Å². The largest absolute Gasteiger partial charge is 0.432 e. The highest BCUT2D eigenvalue weighted by atomic mass is 19.4. The highest BCUT2D eigenvalue weighted by Crippen LogP contribution is 2.29. The lowest BCUT2D eigenvalue weighted by molar-refractivity contribution is -0.141. The SMILES string of the molecule is O=c1cc(C(F)(F)F)[nH]n1C1CCCCCC1. The van der Waals surface area contributed by atoms with E-state index in [0.717, 1.165) is 43.2 Å². The normalized spacial score (nSPS) is 19.2. The number of hydrogen-bond donors (Lipinski definition) is 1. The summed E-state index contributed by atoms with van der Waals surface area (Å²) in [5.41, 5.74) is -1.53. The van der Waals surface area contributed by atoms with Crippen LogP contribution in [0, 0.1) is 0 Å². The van der Waals surface area contributed by atoms with E-state index in [1.54, 1.807) is 0 Å². The fourth-order valence-electron chi connectivity index (χ4n) is 2.34. The van der Waals surface area contributed by atoms with Gasteiger partial charge in [0.15, 0.2) is 0 Å². The maximum Gasteiger partial charge on any atom is 0.432 e. The van der Waals surface area contributed by atoms with Gasteiger partial charge in [-0.25, -0.2) is 4.68 Å². The average Bonchev–Trinajstić information content (AvgIpc) is 2.50. The number of aromatic nitrogens is 2. The van der Waals surface area contributed by atoms with Crippen LogP contribution in [0.1, 0.15) is 50.3 Å². The van der Waals surface area contributed by atoms with Gasteiger partial charge in [0.25, 0.3) is 5.56 Å². The van der Waals surface area contributed by atoms with E-state index in [1.165, 1.54) is 0 Å². The molecule has 1 saturated carbocycles. The highest BCUT2D eigenvalue weighted by molar-refractivity contribution is 5.04. The molecule has 1 aromatic heterocycles. The van der Waals surface area contributed by atoms with Gasteiger partial charge in [-0.1, -0.05) is 25.7 Å². The van der Waals surface area contributed by atoms with Gasteiger partial charge in [0.2, 0.25) is 0 Å². The molecule has 1 heterocycles. The molecule has 17 heavy (non-hydrogen) atoms. The zero-order chi connectivity index (χ0) is 12.5. The molecule has 6 heteroatoms. The lowest BCUT2D eigenvalue weighted by atomic mass is 10.1. The first kappa shape index (κ1) is 12.3. The molecule has 0 atom stereocenters. The molecule has 0 amide bonds. The average molecular weight is 248 g/mol. The summed E-state index contributed by atoms with van der Waals surface area (Å²) >= 11 is 0. The lowest BCUT2D eigenvalue weighted by Crippen LogP contribution is -2.21. The monoisotopic (exact) mass is 248 g/mol. The summed E-state index contributed by atoms with van der Waals surface area (Å²) in [6.45, 7) is 0. The minimum atomic E-state index is -4.48. The molecule has 0 bridgehead atoms. The molecule has 0 aliphatic heterocycles. The number of aromatic amines is 1. The van der Waals surface area contributed by atoms with E-state index >= 15 is 0 Å². The van der Waals surface area contributed by atoms with Gasteiger partial charge in [-0.2, -0.15) is 13.2 Å². The summed E-state index contributed by atoms with van der Waals surface area (Å²) in [6, 6.07) is 0.534. The van der Waals surface area contributed by atoms with Crippen LogP contribution in [-0.4, -0.2) is 9.78 Å². The third-order valence-electron chi connectivity index (χ3n) is 3.24. The van der Waals surface area contributed by atoms with E-state index in [2.05, 4.69) is 5.10 Å². The van der Waals surface area contributed by atoms with E-state index in [0.29, 0.717) is 6.07 Å². The third-order valence-corrected chi connectivity index (χ3v) is 3.24. The summed E-state index contributed by atoms with van der Waals surface area (Å²) in [4.78, 5) is 11.5. The molecule has 1 fully saturated rings. The fourth-order valence-corrected chi connectivity index (χ4v) is 2.34. The van der Waals surface area contributed by atoms with E-state index < -0.39 is 17.4 Å². The number of H-pyrrole nitrogens is 1. The quantitative estimate of drug-likeness (QED) is 0.762. The molecule has 2 rings (SSSR count). The molecule has 1 aliphatic rings. The van der Waals surface area contributed by atoms with Crippen LogP contribution in [0.15, 0.2) is 10.9 Å². The molecule has 0 spiro atoms. The fraction of sp³-hybridized carbons (Fsp3) is 0.727. The molecule has 0 unspecified atom stereocenters. The highest BCUT2D eigenvalue weighted by Gasteiger charge is 2.34. The maximum absolute atomic E-state index is 12.4. The van der Waals surface area contributed by atoms with Gasteiger partial charge in [0, 0.05) is 6.07 Å². The molecule has 0 aromatic carbocycles. The van der Waals surface area contributed by atoms with Crippen molar-refractivity contribution in [1.82, 2.24) is 9.78 Å². The topological polar surface area (TPSA) is 37.8 Å². The Balaban J connectivity index is 2.26. The first-order chi connectivity index (χ1) is 7.98. The molecule has 96 valence electrons. The molecule has 1 N–H and O–H groups in total. The molecule has 1 aliphatic carbocycles. The van der Waals surface area contributed by atoms with Crippen molar-refractivity contribution < 1.29 is 13.2 Å². The standard InChI is InChI=1S/C11H15F3N2O/c12-11(13,14)9-7-10(17)16(15-9)8-5-3-1-2-4-6-8/h7-8,15H,1-6H2. The Morgan fingerprint density at radius 2 is 1.76 bits per heavy atom. The van der Waals surface area contributed by atoms with Crippen molar-refractivity contribution in [2.24, 2.45) is 0 Å². The second-order valence-electron chi connectivity index (χ2n) is 4.52. The predicted octanol–water partition coefficient (Wildman–Crippen LogP) is 3.09. The minimum absolute atomic E-state index is 0.110. The number of hydrogen-bond acceptors (Lipinski definition) is 1. The van der Waals surface area contributed by atoms with Gasteiger partial charge in [-0.15, -0.1) is 0 Å². The van der Waals surface area contributed by atoms with Crippen LogP contribution in [0.2, 0.25) is 0 Å². The summed E-state index contributed by atoms with van der Waals surface area (Å²) < 4.78 is 38.5. The second-order valence-corrected chi connectivity index (χ2v) is 4.52. The number of rotatable bonds is 1. The Bertz CT molecular complexity index is 425. The van der Waals surface area contributed by atoms with Crippen molar-refractivity contribution in [3.8, 4) is 0 Å². The van der Waals surface area contributed by atoms with E-state index in [4.69, 9.17) is 0 Å². The van der Waals surface area contributed by atoms with Crippen molar-refractivity contribution >= 4 is 0 Å². The van der Waals surface area contributed by atoms with Gasteiger partial charge in [0.1, 0.15) is 5.69 Å². The number of alkyl halides is 3. The summed E-state index contributed by atoms with van der Waals surface area (Å²) in [7, 11) is 0. The molecular weight excluding hydrogens is 233 g/mol. The van der Waals surface area contributed by atoms with Crippen LogP contribution in [0.25, 0.3) is 0 Å². The van der Waals surface area contributed by atoms with Gasteiger partial charge in [0.05, 0.1) is 6.04 Å². The van der Waals surface area contributed by atoms with Crippen LogP contribution < -0.4 is 5.56 Å². The Morgan fingerprint density at radius 3 is 2.24 bits per heavy atom. The molecule has 0 radical (unpaired) electrons. The summed E-state index contributed by atoms with van der Waals surface area (Å²) in [5, 5.41) is 2.20. The van der Waals surface area contributed by atoms with Crippen molar-refractivity contribution in [1.29, 1.82) is 0 Å².